The third-order valence-electron chi connectivity index (χ3n) is 4.67. The van der Waals surface area contributed by atoms with Gasteiger partial charge in [0.1, 0.15) is 6.10 Å². The van der Waals surface area contributed by atoms with Crippen molar-refractivity contribution in [1.29, 1.82) is 0 Å². The molecule has 2 aromatic rings. The van der Waals surface area contributed by atoms with Crippen LogP contribution in [0.15, 0.2) is 23.1 Å². The number of aromatic nitrogens is 3. The van der Waals surface area contributed by atoms with Gasteiger partial charge in [0.2, 0.25) is 5.76 Å². The van der Waals surface area contributed by atoms with Crippen molar-refractivity contribution in [3.8, 4) is 0 Å². The Balaban J connectivity index is 1.62. The first-order valence-corrected chi connectivity index (χ1v) is 8.43. The van der Waals surface area contributed by atoms with E-state index in [4.69, 9.17) is 9.26 Å². The van der Waals surface area contributed by atoms with E-state index in [2.05, 4.69) is 29.3 Å². The number of carbonyl (C=O) groups is 1. The van der Waals surface area contributed by atoms with Gasteiger partial charge in [0.05, 0.1) is 23.9 Å². The molecule has 3 unspecified atom stereocenters. The number of amides is 1. The molecule has 3 atom stereocenters. The number of carbonyl (C=O) groups excluding carboxylic acids is 1. The number of ether oxygens (including phenoxy) is 1. The number of rotatable bonds is 5. The first-order chi connectivity index (χ1) is 11.6. The first-order valence-electron chi connectivity index (χ1n) is 8.43. The highest BCUT2D eigenvalue weighted by Crippen LogP contribution is 2.28. The average Bonchev–Trinajstić information content (AvgIpc) is 3.23. The molecular weight excluding hydrogens is 308 g/mol. The van der Waals surface area contributed by atoms with E-state index in [0.717, 1.165) is 30.7 Å². The zero-order valence-electron chi connectivity index (χ0n) is 14.4. The second-order valence-electron chi connectivity index (χ2n) is 6.41. The molecule has 0 aromatic carbocycles. The zero-order chi connectivity index (χ0) is 17.1. The molecule has 24 heavy (non-hydrogen) atoms. The molecule has 7 nitrogen and oxygen atoms in total. The maximum absolute atomic E-state index is 12.4. The van der Waals surface area contributed by atoms with E-state index in [1.807, 2.05) is 17.8 Å². The van der Waals surface area contributed by atoms with Crippen LogP contribution in [0.25, 0.3) is 0 Å². The minimum atomic E-state index is -0.215. The Hall–Kier alpha value is -2.15. The van der Waals surface area contributed by atoms with E-state index in [-0.39, 0.29) is 29.7 Å². The first kappa shape index (κ1) is 16.7. The van der Waals surface area contributed by atoms with Gasteiger partial charge in [-0.1, -0.05) is 19.0 Å². The molecule has 1 amide bonds. The van der Waals surface area contributed by atoms with Crippen LogP contribution < -0.4 is 5.32 Å². The monoisotopic (exact) mass is 332 g/mol. The molecule has 1 aliphatic rings. The van der Waals surface area contributed by atoms with Crippen molar-refractivity contribution >= 4 is 5.91 Å². The summed E-state index contributed by atoms with van der Waals surface area (Å²) >= 11 is 0. The lowest BCUT2D eigenvalue weighted by atomic mass is 10.0. The molecule has 2 aromatic heterocycles. The third-order valence-corrected chi connectivity index (χ3v) is 4.67. The van der Waals surface area contributed by atoms with Crippen LogP contribution in [0.4, 0.5) is 0 Å². The summed E-state index contributed by atoms with van der Waals surface area (Å²) in [6, 6.07) is 1.78. The molecule has 0 spiro atoms. The Kier molecular flexibility index (Phi) is 4.99. The van der Waals surface area contributed by atoms with Crippen LogP contribution in [0, 0.1) is 0 Å². The lowest BCUT2D eigenvalue weighted by molar-refractivity contribution is -0.00323. The molecular formula is C17H24N4O3. The lowest BCUT2D eigenvalue weighted by Gasteiger charge is -2.29. The zero-order valence-corrected chi connectivity index (χ0v) is 14.4. The summed E-state index contributed by atoms with van der Waals surface area (Å²) in [6.45, 7) is 4.76. The largest absolute Gasteiger partial charge is 0.372 e. The van der Waals surface area contributed by atoms with Crippen LogP contribution in [-0.2, 0) is 11.8 Å². The molecule has 1 saturated heterocycles. The molecule has 1 aliphatic heterocycles. The minimum absolute atomic E-state index is 0.0447. The van der Waals surface area contributed by atoms with Gasteiger partial charge in [0.25, 0.3) is 5.91 Å². The Morgan fingerprint density at radius 2 is 2.38 bits per heavy atom. The van der Waals surface area contributed by atoms with E-state index >= 15 is 0 Å². The van der Waals surface area contributed by atoms with Crippen molar-refractivity contribution in [2.24, 2.45) is 7.05 Å². The van der Waals surface area contributed by atoms with Gasteiger partial charge in [-0.25, -0.2) is 4.98 Å². The number of nitrogens with one attached hydrogen (secondary N) is 1. The summed E-state index contributed by atoms with van der Waals surface area (Å²) in [5, 5.41) is 7.03. The molecule has 1 fully saturated rings. The SMILES string of the molecule is CCC(C)c1cc(C(=O)NC2CCOC(c3cncn3C)C2)on1. The fourth-order valence-electron chi connectivity index (χ4n) is 2.91. The summed E-state index contributed by atoms with van der Waals surface area (Å²) in [7, 11) is 1.94. The predicted octanol–water partition coefficient (Wildman–Crippen LogP) is 2.57. The topological polar surface area (TPSA) is 82.2 Å². The van der Waals surface area contributed by atoms with Crippen molar-refractivity contribution in [2.45, 2.75) is 51.2 Å². The van der Waals surface area contributed by atoms with Crippen molar-refractivity contribution < 1.29 is 14.1 Å². The molecule has 3 heterocycles. The van der Waals surface area contributed by atoms with Gasteiger partial charge in [0, 0.05) is 31.7 Å². The summed E-state index contributed by atoms with van der Waals surface area (Å²) in [5.74, 6) is 0.342. The summed E-state index contributed by atoms with van der Waals surface area (Å²) in [5.41, 5.74) is 1.84. The maximum Gasteiger partial charge on any atom is 0.290 e. The van der Waals surface area contributed by atoms with Crippen LogP contribution in [0.3, 0.4) is 0 Å². The van der Waals surface area contributed by atoms with Gasteiger partial charge >= 0.3 is 0 Å². The number of hydrogen-bond acceptors (Lipinski definition) is 5. The smallest absolute Gasteiger partial charge is 0.290 e. The Morgan fingerprint density at radius 3 is 3.08 bits per heavy atom. The molecule has 7 heteroatoms. The van der Waals surface area contributed by atoms with E-state index in [0.29, 0.717) is 6.61 Å². The second kappa shape index (κ2) is 7.17. The number of nitrogens with zero attached hydrogens (tertiary/aromatic N) is 3. The maximum atomic E-state index is 12.4. The van der Waals surface area contributed by atoms with E-state index in [1.54, 1.807) is 12.4 Å². The van der Waals surface area contributed by atoms with E-state index < -0.39 is 0 Å². The van der Waals surface area contributed by atoms with Crippen LogP contribution in [0.2, 0.25) is 0 Å². The molecule has 0 aliphatic carbocycles. The predicted molar refractivity (Wildman–Crippen MR) is 87.6 cm³/mol. The van der Waals surface area contributed by atoms with Gasteiger partial charge < -0.3 is 19.1 Å². The summed E-state index contributed by atoms with van der Waals surface area (Å²) in [6.07, 6.45) is 5.97. The standard InChI is InChI=1S/C17H24N4O3/c1-4-11(2)13-8-16(24-20-13)17(22)19-12-5-6-23-15(7-12)14-9-18-10-21(14)3/h8-12,15H,4-7H2,1-3H3,(H,19,22). The molecule has 1 N–H and O–H groups in total. The van der Waals surface area contributed by atoms with Gasteiger partial charge in [-0.2, -0.15) is 0 Å². The molecule has 0 radical (unpaired) electrons. The Morgan fingerprint density at radius 1 is 1.54 bits per heavy atom. The highest BCUT2D eigenvalue weighted by molar-refractivity contribution is 5.91. The highest BCUT2D eigenvalue weighted by Gasteiger charge is 2.28. The van der Waals surface area contributed by atoms with Crippen LogP contribution in [0.1, 0.15) is 67.1 Å². The van der Waals surface area contributed by atoms with E-state index in [9.17, 15) is 4.79 Å². The van der Waals surface area contributed by atoms with Gasteiger partial charge in [-0.3, -0.25) is 4.79 Å². The molecule has 0 saturated carbocycles. The highest BCUT2D eigenvalue weighted by atomic mass is 16.5. The quantitative estimate of drug-likeness (QED) is 0.910. The van der Waals surface area contributed by atoms with Crippen molar-refractivity contribution in [1.82, 2.24) is 20.0 Å². The number of imidazole rings is 1. The Bertz CT molecular complexity index is 694. The molecule has 0 bridgehead atoms. The third kappa shape index (κ3) is 3.51. The van der Waals surface area contributed by atoms with Crippen LogP contribution in [0.5, 0.6) is 0 Å². The second-order valence-corrected chi connectivity index (χ2v) is 6.41. The summed E-state index contributed by atoms with van der Waals surface area (Å²) < 4.78 is 13.0. The van der Waals surface area contributed by atoms with Crippen molar-refractivity contribution in [2.75, 3.05) is 6.61 Å². The fraction of sp³-hybridized carbons (Fsp3) is 0.588. The minimum Gasteiger partial charge on any atom is -0.372 e. The lowest BCUT2D eigenvalue weighted by Crippen LogP contribution is -2.40. The van der Waals surface area contributed by atoms with Crippen molar-refractivity contribution in [3.05, 3.63) is 35.7 Å². The van der Waals surface area contributed by atoms with Crippen molar-refractivity contribution in [3.63, 3.8) is 0 Å². The fourth-order valence-corrected chi connectivity index (χ4v) is 2.91. The van der Waals surface area contributed by atoms with E-state index in [1.165, 1.54) is 0 Å². The average molecular weight is 332 g/mol. The molecule has 130 valence electrons. The van der Waals surface area contributed by atoms with Gasteiger partial charge in [-0.15, -0.1) is 0 Å². The normalized spacial score (nSPS) is 22.3. The van der Waals surface area contributed by atoms with Crippen LogP contribution in [-0.4, -0.2) is 33.3 Å². The number of hydrogen-bond donors (Lipinski definition) is 1. The number of aryl methyl sites for hydroxylation is 1. The van der Waals surface area contributed by atoms with Crippen LogP contribution >= 0.6 is 0 Å². The van der Waals surface area contributed by atoms with Gasteiger partial charge in [0.15, 0.2) is 0 Å². The van der Waals surface area contributed by atoms with Gasteiger partial charge in [-0.05, 0) is 19.3 Å². The Labute approximate surface area is 141 Å². The summed E-state index contributed by atoms with van der Waals surface area (Å²) in [4.78, 5) is 16.5. The molecule has 3 rings (SSSR count).